The Kier molecular flexibility index (Phi) is 5.55. The van der Waals surface area contributed by atoms with Crippen LogP contribution in [0.25, 0.3) is 0 Å². The van der Waals surface area contributed by atoms with Gasteiger partial charge in [0.15, 0.2) is 0 Å². The lowest BCUT2D eigenvalue weighted by Gasteiger charge is -2.33. The van der Waals surface area contributed by atoms with Gasteiger partial charge in [0.1, 0.15) is 11.6 Å². The molecule has 0 bridgehead atoms. The number of hydrogen-bond acceptors (Lipinski definition) is 5. The van der Waals surface area contributed by atoms with Gasteiger partial charge in [-0.25, -0.2) is 15.0 Å². The van der Waals surface area contributed by atoms with Crippen LogP contribution in [0.15, 0.2) is 24.4 Å². The largest absolute Gasteiger partial charge is 0.356 e. The average molecular weight is 380 g/mol. The van der Waals surface area contributed by atoms with Gasteiger partial charge in [-0.3, -0.25) is 4.79 Å². The average Bonchev–Trinajstić information content (AvgIpc) is 2.73. The molecule has 2 aliphatic heterocycles. The van der Waals surface area contributed by atoms with Crippen molar-refractivity contribution in [1.82, 2.24) is 19.9 Å². The molecule has 0 radical (unpaired) electrons. The number of aryl methyl sites for hydroxylation is 2. The predicted octanol–water partition coefficient (Wildman–Crippen LogP) is 3.50. The van der Waals surface area contributed by atoms with Crippen molar-refractivity contribution in [2.24, 2.45) is 0 Å². The molecule has 2 aromatic heterocycles. The van der Waals surface area contributed by atoms with Crippen LogP contribution in [0.1, 0.15) is 65.6 Å². The summed E-state index contributed by atoms with van der Waals surface area (Å²) in [4.78, 5) is 31.3. The zero-order chi connectivity index (χ0) is 19.5. The van der Waals surface area contributed by atoms with Crippen LogP contribution in [0.2, 0.25) is 0 Å². The number of aromatic nitrogens is 3. The fraction of sp³-hybridized carbons (Fsp3) is 0.545. The maximum Gasteiger partial charge on any atom is 0.257 e. The Morgan fingerprint density at radius 2 is 1.68 bits per heavy atom. The topological polar surface area (TPSA) is 62.2 Å². The van der Waals surface area contributed by atoms with E-state index in [4.69, 9.17) is 0 Å². The third-order valence-electron chi connectivity index (χ3n) is 5.82. The summed E-state index contributed by atoms with van der Waals surface area (Å²) in [6, 6.07) is 5.81. The van der Waals surface area contributed by atoms with Crippen molar-refractivity contribution < 1.29 is 4.79 Å². The van der Waals surface area contributed by atoms with Gasteiger partial charge in [-0.05, 0) is 64.2 Å². The first kappa shape index (κ1) is 18.8. The maximum absolute atomic E-state index is 13.2. The molecule has 0 saturated carbocycles. The number of piperidine rings is 2. The van der Waals surface area contributed by atoms with Crippen LogP contribution in [-0.4, -0.2) is 51.9 Å². The maximum atomic E-state index is 13.2. The molecule has 2 aromatic rings. The SMILES string of the molecule is Cc1cc(C)nc(C2CCN(C(=O)c3cccnc3N3CCCCC3)CC2)n1. The third kappa shape index (κ3) is 4.01. The third-order valence-corrected chi connectivity index (χ3v) is 5.82. The molecular weight excluding hydrogens is 350 g/mol. The fourth-order valence-electron chi connectivity index (χ4n) is 4.37. The van der Waals surface area contributed by atoms with Gasteiger partial charge in [-0.2, -0.15) is 0 Å². The number of pyridine rings is 1. The predicted molar refractivity (Wildman–Crippen MR) is 110 cm³/mol. The van der Waals surface area contributed by atoms with Crippen LogP contribution < -0.4 is 4.90 Å². The van der Waals surface area contributed by atoms with E-state index in [0.717, 1.165) is 67.6 Å². The summed E-state index contributed by atoms with van der Waals surface area (Å²) in [5.41, 5.74) is 2.77. The molecule has 2 fully saturated rings. The van der Waals surface area contributed by atoms with Crippen LogP contribution >= 0.6 is 0 Å². The molecule has 28 heavy (non-hydrogen) atoms. The van der Waals surface area contributed by atoms with Gasteiger partial charge in [-0.1, -0.05) is 0 Å². The van der Waals surface area contributed by atoms with Crippen molar-refractivity contribution in [3.8, 4) is 0 Å². The molecule has 0 aliphatic carbocycles. The molecule has 1 amide bonds. The summed E-state index contributed by atoms with van der Waals surface area (Å²) in [6.07, 6.45) is 7.23. The molecule has 6 heteroatoms. The van der Waals surface area contributed by atoms with Crippen molar-refractivity contribution in [3.63, 3.8) is 0 Å². The second-order valence-electron chi connectivity index (χ2n) is 8.00. The van der Waals surface area contributed by atoms with E-state index >= 15 is 0 Å². The number of anilines is 1. The molecule has 4 rings (SSSR count). The second-order valence-corrected chi connectivity index (χ2v) is 8.00. The first-order valence-corrected chi connectivity index (χ1v) is 10.4. The molecule has 0 spiro atoms. The molecule has 4 heterocycles. The van der Waals surface area contributed by atoms with Crippen LogP contribution in [0.3, 0.4) is 0 Å². The van der Waals surface area contributed by atoms with Crippen LogP contribution in [-0.2, 0) is 0 Å². The number of amides is 1. The minimum Gasteiger partial charge on any atom is -0.356 e. The van der Waals surface area contributed by atoms with Gasteiger partial charge >= 0.3 is 0 Å². The first-order valence-electron chi connectivity index (χ1n) is 10.4. The minimum absolute atomic E-state index is 0.105. The lowest BCUT2D eigenvalue weighted by molar-refractivity contribution is 0.0711. The van der Waals surface area contributed by atoms with E-state index in [9.17, 15) is 4.79 Å². The number of likely N-dealkylation sites (tertiary alicyclic amines) is 1. The fourth-order valence-corrected chi connectivity index (χ4v) is 4.37. The number of hydrogen-bond donors (Lipinski definition) is 0. The van der Waals surface area contributed by atoms with E-state index in [0.29, 0.717) is 5.92 Å². The highest BCUT2D eigenvalue weighted by Gasteiger charge is 2.29. The van der Waals surface area contributed by atoms with E-state index in [-0.39, 0.29) is 5.91 Å². The quantitative estimate of drug-likeness (QED) is 0.817. The summed E-state index contributed by atoms with van der Waals surface area (Å²) in [5, 5.41) is 0. The van der Waals surface area contributed by atoms with Crippen LogP contribution in [0.4, 0.5) is 5.82 Å². The highest BCUT2D eigenvalue weighted by atomic mass is 16.2. The zero-order valence-corrected chi connectivity index (χ0v) is 16.9. The minimum atomic E-state index is 0.105. The van der Waals surface area contributed by atoms with Gasteiger partial charge in [-0.15, -0.1) is 0 Å². The summed E-state index contributed by atoms with van der Waals surface area (Å²) in [7, 11) is 0. The summed E-state index contributed by atoms with van der Waals surface area (Å²) >= 11 is 0. The van der Waals surface area contributed by atoms with Crippen LogP contribution in [0.5, 0.6) is 0 Å². The van der Waals surface area contributed by atoms with E-state index in [1.807, 2.05) is 36.9 Å². The Balaban J connectivity index is 1.46. The van der Waals surface area contributed by atoms with Gasteiger partial charge in [0.05, 0.1) is 5.56 Å². The highest BCUT2D eigenvalue weighted by Crippen LogP contribution is 2.29. The molecule has 0 unspecified atom stereocenters. The van der Waals surface area contributed by atoms with Crippen molar-refractivity contribution in [2.45, 2.75) is 51.9 Å². The molecule has 2 aliphatic rings. The number of rotatable bonds is 3. The summed E-state index contributed by atoms with van der Waals surface area (Å²) < 4.78 is 0. The van der Waals surface area contributed by atoms with Gasteiger partial charge in [0.2, 0.25) is 0 Å². The smallest absolute Gasteiger partial charge is 0.257 e. The van der Waals surface area contributed by atoms with E-state index < -0.39 is 0 Å². The van der Waals surface area contributed by atoms with Gasteiger partial charge < -0.3 is 9.80 Å². The van der Waals surface area contributed by atoms with Crippen molar-refractivity contribution in [2.75, 3.05) is 31.1 Å². The lowest BCUT2D eigenvalue weighted by atomic mass is 9.95. The zero-order valence-electron chi connectivity index (χ0n) is 16.9. The van der Waals surface area contributed by atoms with Crippen LogP contribution in [0, 0.1) is 13.8 Å². The molecule has 0 N–H and O–H groups in total. The van der Waals surface area contributed by atoms with Crippen molar-refractivity contribution >= 4 is 11.7 Å². The second kappa shape index (κ2) is 8.25. The van der Waals surface area contributed by atoms with E-state index in [1.54, 1.807) is 6.20 Å². The molecule has 6 nitrogen and oxygen atoms in total. The Labute approximate surface area is 167 Å². The molecule has 0 atom stereocenters. The molecule has 2 saturated heterocycles. The Bertz CT molecular complexity index is 818. The lowest BCUT2D eigenvalue weighted by Crippen LogP contribution is -2.40. The molecule has 148 valence electrons. The number of nitrogens with zero attached hydrogens (tertiary/aromatic N) is 5. The van der Waals surface area contributed by atoms with Gasteiger partial charge in [0, 0.05) is 49.7 Å². The van der Waals surface area contributed by atoms with Crippen molar-refractivity contribution in [1.29, 1.82) is 0 Å². The molecule has 0 aromatic carbocycles. The standard InChI is InChI=1S/C22H29N5O/c1-16-15-17(2)25-20(24-16)18-8-13-27(14-9-18)22(28)19-7-6-10-23-21(19)26-11-4-3-5-12-26/h6-7,10,15,18H,3-5,8-9,11-14H2,1-2H3. The van der Waals surface area contributed by atoms with E-state index in [2.05, 4.69) is 19.9 Å². The van der Waals surface area contributed by atoms with Crippen molar-refractivity contribution in [3.05, 3.63) is 47.2 Å². The van der Waals surface area contributed by atoms with E-state index in [1.165, 1.54) is 19.3 Å². The monoisotopic (exact) mass is 379 g/mol. The Hall–Kier alpha value is -2.50. The summed E-state index contributed by atoms with van der Waals surface area (Å²) in [5.74, 6) is 2.22. The highest BCUT2D eigenvalue weighted by molar-refractivity contribution is 5.99. The van der Waals surface area contributed by atoms with Gasteiger partial charge in [0.25, 0.3) is 5.91 Å². The number of carbonyl (C=O) groups is 1. The normalized spacial score (nSPS) is 18.4. The Morgan fingerprint density at radius 3 is 2.36 bits per heavy atom. The summed E-state index contributed by atoms with van der Waals surface area (Å²) in [6.45, 7) is 7.50. The molecular formula is C22H29N5O. The number of carbonyl (C=O) groups excluding carboxylic acids is 1. The Morgan fingerprint density at radius 1 is 1.00 bits per heavy atom. The first-order chi connectivity index (χ1) is 13.6.